The molecule has 17 heavy (non-hydrogen) atoms. The van der Waals surface area contributed by atoms with Crippen LogP contribution in [0.1, 0.15) is 47.5 Å². The second-order valence-electron chi connectivity index (χ2n) is 5.67. The van der Waals surface area contributed by atoms with E-state index < -0.39 is 5.60 Å². The first-order valence-corrected chi connectivity index (χ1v) is 6.61. The number of hydrogen-bond donors (Lipinski definition) is 1. The highest BCUT2D eigenvalue weighted by molar-refractivity contribution is 5.69. The number of ether oxygens (including phenoxy) is 1. The molecule has 2 unspecified atom stereocenters. The zero-order chi connectivity index (χ0) is 13.1. The summed E-state index contributed by atoms with van der Waals surface area (Å²) in [5.41, 5.74) is -0.418. The molecule has 0 spiro atoms. The van der Waals surface area contributed by atoms with E-state index in [0.29, 0.717) is 0 Å². The Labute approximate surface area is 105 Å². The summed E-state index contributed by atoms with van der Waals surface area (Å²) in [7, 11) is 0. The number of nitrogens with one attached hydrogen (secondary N) is 1. The molecule has 0 saturated carbocycles. The molecule has 100 valence electrons. The molecular weight excluding hydrogens is 216 g/mol. The van der Waals surface area contributed by atoms with Crippen molar-refractivity contribution in [2.45, 2.75) is 65.1 Å². The third kappa shape index (κ3) is 3.87. The first-order chi connectivity index (χ1) is 7.89. The van der Waals surface area contributed by atoms with Crippen LogP contribution < -0.4 is 5.32 Å². The molecule has 4 heteroatoms. The highest BCUT2D eigenvalue weighted by Gasteiger charge is 2.34. The lowest BCUT2D eigenvalue weighted by Crippen LogP contribution is -2.59. The molecule has 2 atom stereocenters. The number of carbonyl (C=O) groups is 1. The third-order valence-electron chi connectivity index (χ3n) is 3.09. The van der Waals surface area contributed by atoms with Crippen molar-refractivity contribution in [3.8, 4) is 0 Å². The maximum atomic E-state index is 12.2. The molecule has 4 nitrogen and oxygen atoms in total. The second kappa shape index (κ2) is 5.71. The second-order valence-corrected chi connectivity index (χ2v) is 5.67. The molecule has 1 heterocycles. The lowest BCUT2D eigenvalue weighted by Gasteiger charge is -2.42. The number of nitrogens with zero attached hydrogens (tertiary/aromatic N) is 1. The van der Waals surface area contributed by atoms with E-state index in [1.165, 1.54) is 0 Å². The summed E-state index contributed by atoms with van der Waals surface area (Å²) in [5, 5.41) is 3.39. The smallest absolute Gasteiger partial charge is 0.410 e. The van der Waals surface area contributed by atoms with Crippen LogP contribution in [0.3, 0.4) is 0 Å². The Morgan fingerprint density at radius 2 is 1.71 bits per heavy atom. The molecule has 0 aromatic rings. The SMILES string of the molecule is CCC1CNCC(CC)N1C(=O)OC(C)(C)C. The van der Waals surface area contributed by atoms with Crippen molar-refractivity contribution in [3.63, 3.8) is 0 Å². The summed E-state index contributed by atoms with van der Waals surface area (Å²) in [6.07, 6.45) is 1.75. The molecule has 1 amide bonds. The predicted molar refractivity (Wildman–Crippen MR) is 69.1 cm³/mol. The van der Waals surface area contributed by atoms with Gasteiger partial charge in [0.1, 0.15) is 5.60 Å². The highest BCUT2D eigenvalue weighted by atomic mass is 16.6. The monoisotopic (exact) mass is 242 g/mol. The molecule has 1 N–H and O–H groups in total. The van der Waals surface area contributed by atoms with Crippen molar-refractivity contribution in [3.05, 3.63) is 0 Å². The maximum absolute atomic E-state index is 12.2. The summed E-state index contributed by atoms with van der Waals surface area (Å²) in [6, 6.07) is 0.507. The van der Waals surface area contributed by atoms with Crippen LogP contribution in [0.15, 0.2) is 0 Å². The van der Waals surface area contributed by atoms with Gasteiger partial charge in [0.15, 0.2) is 0 Å². The van der Waals surface area contributed by atoms with Crippen LogP contribution in [0.2, 0.25) is 0 Å². The largest absolute Gasteiger partial charge is 0.444 e. The van der Waals surface area contributed by atoms with Gasteiger partial charge in [-0.05, 0) is 33.6 Å². The Bertz CT molecular complexity index is 249. The standard InChI is InChI=1S/C13H26N2O2/c1-6-10-8-14-9-11(7-2)15(10)12(16)17-13(3,4)5/h10-11,14H,6-9H2,1-5H3. The van der Waals surface area contributed by atoms with Crippen molar-refractivity contribution >= 4 is 6.09 Å². The molecule has 0 radical (unpaired) electrons. The van der Waals surface area contributed by atoms with Crippen LogP contribution in [0.4, 0.5) is 4.79 Å². The molecule has 0 aromatic carbocycles. The van der Waals surface area contributed by atoms with E-state index in [9.17, 15) is 4.79 Å². The van der Waals surface area contributed by atoms with Gasteiger partial charge in [-0.25, -0.2) is 4.79 Å². The van der Waals surface area contributed by atoms with Gasteiger partial charge in [-0.3, -0.25) is 4.90 Å². The molecule has 0 aliphatic carbocycles. The number of rotatable bonds is 2. The Morgan fingerprint density at radius 1 is 1.24 bits per heavy atom. The summed E-state index contributed by atoms with van der Waals surface area (Å²) in [6.45, 7) is 11.7. The van der Waals surface area contributed by atoms with E-state index in [4.69, 9.17) is 4.74 Å². The first-order valence-electron chi connectivity index (χ1n) is 6.61. The van der Waals surface area contributed by atoms with Crippen molar-refractivity contribution in [1.29, 1.82) is 0 Å². The number of piperazine rings is 1. The number of amides is 1. The maximum Gasteiger partial charge on any atom is 0.410 e. The van der Waals surface area contributed by atoms with Gasteiger partial charge in [-0.1, -0.05) is 13.8 Å². The Hall–Kier alpha value is -0.770. The Kier molecular flexibility index (Phi) is 4.80. The van der Waals surface area contributed by atoms with E-state index >= 15 is 0 Å². The van der Waals surface area contributed by atoms with Crippen LogP contribution in [-0.4, -0.2) is 41.8 Å². The van der Waals surface area contributed by atoms with Crippen molar-refractivity contribution < 1.29 is 9.53 Å². The van der Waals surface area contributed by atoms with Crippen LogP contribution in [-0.2, 0) is 4.74 Å². The lowest BCUT2D eigenvalue weighted by molar-refractivity contribution is -0.00300. The fourth-order valence-corrected chi connectivity index (χ4v) is 2.21. The summed E-state index contributed by atoms with van der Waals surface area (Å²) >= 11 is 0. The molecule has 1 aliphatic heterocycles. The van der Waals surface area contributed by atoms with Crippen LogP contribution in [0.5, 0.6) is 0 Å². The van der Waals surface area contributed by atoms with Crippen molar-refractivity contribution in [2.75, 3.05) is 13.1 Å². The average molecular weight is 242 g/mol. The minimum Gasteiger partial charge on any atom is -0.444 e. The van der Waals surface area contributed by atoms with Gasteiger partial charge in [0.05, 0.1) is 0 Å². The quantitative estimate of drug-likeness (QED) is 0.808. The summed E-state index contributed by atoms with van der Waals surface area (Å²) in [4.78, 5) is 14.2. The van der Waals surface area contributed by atoms with Crippen molar-refractivity contribution in [1.82, 2.24) is 10.2 Å². The molecule has 1 aliphatic rings. The zero-order valence-electron chi connectivity index (χ0n) is 11.7. The fourth-order valence-electron chi connectivity index (χ4n) is 2.21. The van der Waals surface area contributed by atoms with E-state index in [2.05, 4.69) is 19.2 Å². The number of hydrogen-bond acceptors (Lipinski definition) is 3. The van der Waals surface area contributed by atoms with E-state index in [0.717, 1.165) is 25.9 Å². The van der Waals surface area contributed by atoms with Crippen LogP contribution >= 0.6 is 0 Å². The molecule has 1 saturated heterocycles. The van der Waals surface area contributed by atoms with Gasteiger partial charge < -0.3 is 10.1 Å². The van der Waals surface area contributed by atoms with Crippen LogP contribution in [0, 0.1) is 0 Å². The van der Waals surface area contributed by atoms with Gasteiger partial charge in [0.25, 0.3) is 0 Å². The molecule has 0 bridgehead atoms. The topological polar surface area (TPSA) is 41.6 Å². The lowest BCUT2D eigenvalue weighted by atomic mass is 10.0. The molecule has 0 aromatic heterocycles. The number of carbonyl (C=O) groups excluding carboxylic acids is 1. The fraction of sp³-hybridized carbons (Fsp3) is 0.923. The molecular formula is C13H26N2O2. The highest BCUT2D eigenvalue weighted by Crippen LogP contribution is 2.19. The molecule has 1 rings (SSSR count). The summed E-state index contributed by atoms with van der Waals surface area (Å²) in [5.74, 6) is 0. The molecule has 1 fully saturated rings. The Balaban J connectivity index is 2.76. The Morgan fingerprint density at radius 3 is 2.06 bits per heavy atom. The van der Waals surface area contributed by atoms with Gasteiger partial charge in [0.2, 0.25) is 0 Å². The minimum absolute atomic E-state index is 0.169. The van der Waals surface area contributed by atoms with Crippen molar-refractivity contribution in [2.24, 2.45) is 0 Å². The minimum atomic E-state index is -0.418. The predicted octanol–water partition coefficient (Wildman–Crippen LogP) is 2.38. The zero-order valence-corrected chi connectivity index (χ0v) is 11.7. The van der Waals surface area contributed by atoms with Crippen LogP contribution in [0.25, 0.3) is 0 Å². The van der Waals surface area contributed by atoms with E-state index in [1.54, 1.807) is 0 Å². The first kappa shape index (κ1) is 14.3. The normalized spacial score (nSPS) is 25.8. The van der Waals surface area contributed by atoms with E-state index in [1.807, 2.05) is 25.7 Å². The van der Waals surface area contributed by atoms with Gasteiger partial charge in [0, 0.05) is 25.2 Å². The van der Waals surface area contributed by atoms with Gasteiger partial charge >= 0.3 is 6.09 Å². The third-order valence-corrected chi connectivity index (χ3v) is 3.09. The van der Waals surface area contributed by atoms with Gasteiger partial charge in [-0.2, -0.15) is 0 Å². The van der Waals surface area contributed by atoms with Gasteiger partial charge in [-0.15, -0.1) is 0 Å². The van der Waals surface area contributed by atoms with E-state index in [-0.39, 0.29) is 18.2 Å². The summed E-state index contributed by atoms with van der Waals surface area (Å²) < 4.78 is 5.50. The average Bonchev–Trinajstić information content (AvgIpc) is 2.25.